The van der Waals surface area contributed by atoms with E-state index in [-0.39, 0.29) is 85.2 Å². The highest BCUT2D eigenvalue weighted by Crippen LogP contribution is 2.32. The summed E-state index contributed by atoms with van der Waals surface area (Å²) >= 11 is 0. The highest BCUT2D eigenvalue weighted by atomic mass is 16.6. The number of nitrogens with zero attached hydrogens (tertiary/aromatic N) is 2. The monoisotopic (exact) mass is 892 g/mol. The fraction of sp³-hybridized carbons (Fsp3) is 0.347. The van der Waals surface area contributed by atoms with Crippen LogP contribution >= 0.6 is 0 Å². The van der Waals surface area contributed by atoms with Gasteiger partial charge in [0.25, 0.3) is 0 Å². The summed E-state index contributed by atoms with van der Waals surface area (Å²) in [5, 5.41) is 13.9. The predicted molar refractivity (Wildman–Crippen MR) is 240 cm³/mol. The third kappa shape index (κ3) is 10.6. The Morgan fingerprint density at radius 1 is 0.651 bits per heavy atom. The molecule has 2 fully saturated rings. The van der Waals surface area contributed by atoms with Crippen molar-refractivity contribution in [3.8, 4) is 11.5 Å². The lowest BCUT2D eigenvalue weighted by atomic mass is 10.0. The Morgan fingerprint density at radius 2 is 1.13 bits per heavy atom. The molecule has 0 atom stereocenters. The Balaban J connectivity index is 0.000000272. The third-order valence-electron chi connectivity index (χ3n) is 9.18. The van der Waals surface area contributed by atoms with Gasteiger partial charge in [0.05, 0.1) is 47.3 Å². The van der Waals surface area contributed by atoms with Crippen LogP contribution in [0.25, 0.3) is 21.8 Å². The van der Waals surface area contributed by atoms with Gasteiger partial charge in [0.15, 0.2) is 0 Å². The summed E-state index contributed by atoms with van der Waals surface area (Å²) in [6.45, 7) is -5.48. The van der Waals surface area contributed by atoms with Gasteiger partial charge in [-0.15, -0.1) is 0 Å². The van der Waals surface area contributed by atoms with E-state index in [2.05, 4.69) is 15.4 Å². The summed E-state index contributed by atoms with van der Waals surface area (Å²) in [5.74, 6) is -3.38. The number of fused-ring (bicyclic) bond motifs is 2. The zero-order valence-corrected chi connectivity index (χ0v) is 32.0. The van der Waals surface area contributed by atoms with Gasteiger partial charge in [0.1, 0.15) is 23.7 Å². The van der Waals surface area contributed by atoms with Crippen LogP contribution in [-0.2, 0) is 41.0 Å². The van der Waals surface area contributed by atoms with Crippen LogP contribution in [0.5, 0.6) is 11.5 Å². The molecule has 6 aromatic rings. The molecule has 0 radical (unpaired) electrons. The van der Waals surface area contributed by atoms with Gasteiger partial charge in [-0.2, -0.15) is 0 Å². The molecule has 0 spiro atoms. The SMILES string of the molecule is [2H]C([2H])([2H])OC(=O)c1ccc(Cc2cn(C([2H])([2H])[2H])c3ccc(NC(=O)OC4([2H])C([2H])([2H])C([2H])([2H])C([2H])([2H])C4([2H])[2H])cc23)c(OC([2H])([2H])[2H])c1.[2H]C([2H])([2H])Oc1cc(C(=O)O)ccc1Cc1cn(C([2H])([2H])[2H])c2ccc(NC(=O)OC3([2H])C([2H])([2H])C([2H])([2H])C([2H])([2H])C3([2H])[2H])cc12. The van der Waals surface area contributed by atoms with Crippen molar-refractivity contribution in [2.24, 2.45) is 14.0 Å². The van der Waals surface area contributed by atoms with E-state index in [1.807, 2.05) is 0 Å². The summed E-state index contributed by atoms with van der Waals surface area (Å²) < 4.78 is 284. The van der Waals surface area contributed by atoms with Crippen LogP contribution in [0.2, 0.25) is 0 Å². The molecular weight excluding hydrogens is 805 g/mol. The molecule has 14 heteroatoms. The molecule has 0 aliphatic heterocycles. The summed E-state index contributed by atoms with van der Waals surface area (Å²) in [4.78, 5) is 49.6. The number of carbonyl (C=O) groups is 4. The van der Waals surface area contributed by atoms with E-state index in [1.54, 1.807) is 0 Å². The van der Waals surface area contributed by atoms with Gasteiger partial charge < -0.3 is 37.9 Å². The molecule has 2 aliphatic rings. The Morgan fingerprint density at radius 3 is 1.57 bits per heavy atom. The van der Waals surface area contributed by atoms with E-state index in [9.17, 15) is 24.3 Å². The summed E-state index contributed by atoms with van der Waals surface area (Å²) in [5.41, 5.74) is -0.128. The van der Waals surface area contributed by atoms with Crippen molar-refractivity contribution < 1.29 is 93.2 Å². The van der Waals surface area contributed by atoms with Crippen LogP contribution in [0.4, 0.5) is 21.0 Å². The molecule has 14 nitrogen and oxygen atoms in total. The predicted octanol–water partition coefficient (Wildman–Crippen LogP) is 10.0. The second kappa shape index (κ2) is 19.8. The van der Waals surface area contributed by atoms with Crippen molar-refractivity contribution in [3.05, 3.63) is 119 Å². The summed E-state index contributed by atoms with van der Waals surface area (Å²) in [6.07, 6.45) is -37.9. The molecule has 4 aromatic carbocycles. The topological polar surface area (TPSA) is 169 Å². The van der Waals surface area contributed by atoms with Crippen LogP contribution < -0.4 is 20.1 Å². The molecular formula is C49H54N4O10. The molecule has 3 N–H and O–H groups in total. The number of hydrogen-bond donors (Lipinski definition) is 3. The lowest BCUT2D eigenvalue weighted by molar-refractivity contribution is 0.0599. The average Bonchev–Trinajstić information content (AvgIpc) is 1.51. The first kappa shape index (κ1) is 18.8. The molecule has 0 saturated heterocycles. The smallest absolute Gasteiger partial charge is 0.411 e. The highest BCUT2D eigenvalue weighted by molar-refractivity contribution is 5.94. The Bertz CT molecular complexity index is 4000. The maximum Gasteiger partial charge on any atom is 0.411 e. The Kier molecular flexibility index (Phi) is 5.91. The molecule has 330 valence electrons. The lowest BCUT2D eigenvalue weighted by Gasteiger charge is -2.12. The van der Waals surface area contributed by atoms with Gasteiger partial charge in [-0.25, -0.2) is 19.2 Å². The van der Waals surface area contributed by atoms with Gasteiger partial charge in [0.2, 0.25) is 0 Å². The Labute approximate surface area is 412 Å². The minimum Gasteiger partial charge on any atom is -0.496 e. The molecule has 2 aromatic heterocycles. The second-order valence-corrected chi connectivity index (χ2v) is 13.1. The number of ether oxygens (including phenoxy) is 5. The number of rotatable bonds is 12. The fourth-order valence-electron chi connectivity index (χ4n) is 6.34. The van der Waals surface area contributed by atoms with Crippen molar-refractivity contribution in [1.82, 2.24) is 9.13 Å². The number of benzene rings is 4. The maximum absolute atomic E-state index is 12.9. The summed E-state index contributed by atoms with van der Waals surface area (Å²) in [7, 11) is -9.12. The van der Waals surface area contributed by atoms with Gasteiger partial charge >= 0.3 is 24.1 Å². The number of anilines is 2. The molecule has 63 heavy (non-hydrogen) atoms. The first-order valence-electron chi connectivity index (χ1n) is 34.4. The van der Waals surface area contributed by atoms with Crippen molar-refractivity contribution in [1.29, 1.82) is 0 Å². The van der Waals surface area contributed by atoms with Gasteiger partial charge in [-0.05, 0) is 134 Å². The van der Waals surface area contributed by atoms with E-state index >= 15 is 0 Å². The van der Waals surface area contributed by atoms with E-state index < -0.39 is 128 Å². The van der Waals surface area contributed by atoms with E-state index in [0.29, 0.717) is 0 Å². The molecule has 8 rings (SSSR count). The number of hydrogen-bond acceptors (Lipinski definition) is 9. The van der Waals surface area contributed by atoms with E-state index in [0.717, 1.165) is 27.3 Å². The number of methoxy groups -OCH3 is 3. The highest BCUT2D eigenvalue weighted by Gasteiger charge is 2.22. The number of amides is 2. The first-order valence-corrected chi connectivity index (χ1v) is 17.9. The van der Waals surface area contributed by atoms with Crippen molar-refractivity contribution in [2.75, 3.05) is 31.7 Å². The zero-order chi connectivity index (χ0) is 73.3. The molecule has 0 unspecified atom stereocenters. The lowest BCUT2D eigenvalue weighted by Crippen LogP contribution is -2.20. The van der Waals surface area contributed by atoms with Crippen molar-refractivity contribution in [3.63, 3.8) is 0 Å². The minimum absolute atomic E-state index is 0.0666. The van der Waals surface area contributed by atoms with E-state index in [1.165, 1.54) is 67.0 Å². The molecule has 2 heterocycles. The standard InChI is InChI=1S/C25H28N2O5.C24H26N2O5/c1-27-15-18(12-16-8-9-17(24(28)31-3)13-23(16)30-2)21-14-19(10-11-22(21)27)26-25(29)32-20-6-4-5-7-20;1-26-14-17(11-15-7-8-16(23(27)28)12-22(15)30-2)20-13-18(9-10-21(20)26)25-24(29)31-19-5-3-4-6-19/h8-11,13-15,20H,4-7,12H2,1-3H3,(H,26,29);7-10,12-14,19H,3-6,11H2,1-2H3,(H,25,29)(H,27,28)/i1D3,2D3,3D3,4D2,5D2,6D2,7D2,20D;1D3,2D3,3D2,4D2,5D2,6D2,19D. The number of carboxylic acid groups (broad SMARTS) is 1. The minimum atomic E-state index is -3.72. The Hall–Kier alpha value is -6.96. The van der Waals surface area contributed by atoms with Crippen LogP contribution in [-0.4, -0.2) is 71.6 Å². The zero-order valence-electron chi connectivity index (χ0n) is 65.0. The molecule has 2 saturated carbocycles. The first-order chi connectivity index (χ1) is 43.0. The number of aromatic nitrogens is 2. The maximum atomic E-state index is 12.9. The van der Waals surface area contributed by atoms with Gasteiger partial charge in [-0.1, -0.05) is 12.1 Å². The van der Waals surface area contributed by atoms with Gasteiger partial charge in [0, 0.05) is 103 Å². The van der Waals surface area contributed by atoms with Crippen LogP contribution in [0.3, 0.4) is 0 Å². The number of esters is 1. The second-order valence-electron chi connectivity index (χ2n) is 13.1. The normalized spacial score (nSPS) is 30.1. The average molecular weight is 892 g/mol. The van der Waals surface area contributed by atoms with Gasteiger partial charge in [-0.3, -0.25) is 10.6 Å². The molecule has 0 bridgehead atoms. The van der Waals surface area contributed by atoms with Crippen LogP contribution in [0.15, 0.2) is 85.2 Å². The fourth-order valence-corrected chi connectivity index (χ4v) is 6.34. The van der Waals surface area contributed by atoms with E-state index in [4.69, 9.17) is 64.2 Å². The molecule has 2 aliphatic carbocycles. The van der Waals surface area contributed by atoms with Crippen molar-refractivity contribution >= 4 is 57.3 Å². The number of nitrogens with one attached hydrogen (secondary N) is 2. The van der Waals surface area contributed by atoms with Crippen molar-refractivity contribution in [2.45, 2.75) is 76.0 Å². The summed E-state index contributed by atoms with van der Waals surface area (Å²) in [6, 6.07) is 14.1. The third-order valence-corrected chi connectivity index (χ3v) is 9.18. The largest absolute Gasteiger partial charge is 0.496 e. The molecule has 2 amide bonds. The number of aromatic carboxylic acids is 1. The number of aryl methyl sites for hydroxylation is 2. The van der Waals surface area contributed by atoms with Crippen LogP contribution in [0.1, 0.15) is 139 Å². The number of carbonyl (C=O) groups excluding carboxylic acids is 3. The van der Waals surface area contributed by atoms with Crippen LogP contribution in [0, 0.1) is 0 Å². The number of carboxylic acids is 1. The quantitative estimate of drug-likeness (QED) is 0.0794.